The molecule has 0 aromatic carbocycles. The highest BCUT2D eigenvalue weighted by atomic mass is 19.4. The molecule has 1 amide bonds. The molecule has 1 aliphatic rings. The fourth-order valence-corrected chi connectivity index (χ4v) is 1.16. The Balaban J connectivity index is 2.67. The Hall–Kier alpha value is -1.31. The van der Waals surface area contributed by atoms with Crippen LogP contribution in [0.25, 0.3) is 0 Å². The largest absolute Gasteiger partial charge is 0.441 e. The maximum absolute atomic E-state index is 12.0. The molecule has 8 heteroatoms. The number of aliphatic hydroxyl groups is 1. The molecule has 15 heavy (non-hydrogen) atoms. The van der Waals surface area contributed by atoms with E-state index < -0.39 is 36.3 Å². The highest BCUT2D eigenvalue weighted by Crippen LogP contribution is 2.31. The summed E-state index contributed by atoms with van der Waals surface area (Å²) in [5, 5.41) is 10.7. The molecular weight excluding hydrogens is 219 g/mol. The molecule has 2 N–H and O–H groups in total. The molecule has 0 aromatic rings. The van der Waals surface area contributed by atoms with E-state index in [0.717, 1.165) is 6.92 Å². The first-order valence-electron chi connectivity index (χ1n) is 3.96. The minimum Gasteiger partial charge on any atom is -0.441 e. The van der Waals surface area contributed by atoms with Crippen molar-refractivity contribution < 1.29 is 32.6 Å². The van der Waals surface area contributed by atoms with Crippen molar-refractivity contribution in [3.63, 3.8) is 0 Å². The second-order valence-corrected chi connectivity index (χ2v) is 3.05. The summed E-state index contributed by atoms with van der Waals surface area (Å²) in [6, 6.07) is 0. The first-order valence-corrected chi connectivity index (χ1v) is 3.96. The van der Waals surface area contributed by atoms with E-state index in [2.05, 4.69) is 4.74 Å². The van der Waals surface area contributed by atoms with Crippen molar-refractivity contribution in [1.82, 2.24) is 5.32 Å². The highest BCUT2D eigenvalue weighted by molar-refractivity contribution is 5.86. The molecule has 0 aliphatic carbocycles. The van der Waals surface area contributed by atoms with Gasteiger partial charge in [0.25, 0.3) is 0 Å². The molecule has 1 aliphatic heterocycles. The Morgan fingerprint density at radius 1 is 1.60 bits per heavy atom. The lowest BCUT2D eigenvalue weighted by atomic mass is 9.92. The lowest BCUT2D eigenvalue weighted by Gasteiger charge is -2.38. The zero-order chi connectivity index (χ0) is 11.8. The van der Waals surface area contributed by atoms with Gasteiger partial charge in [-0.25, -0.2) is 0 Å². The number of alkyl halides is 3. The number of aliphatic hydroxyl groups excluding tert-OH is 1. The van der Waals surface area contributed by atoms with Crippen molar-refractivity contribution in [2.45, 2.75) is 25.4 Å². The van der Waals surface area contributed by atoms with Crippen LogP contribution in [0.3, 0.4) is 0 Å². The number of rotatable bonds is 2. The maximum Gasteiger partial charge on any atom is 0.415 e. The summed E-state index contributed by atoms with van der Waals surface area (Å²) < 4.78 is 40.5. The SMILES string of the molecule is CC(=O)OC1NC(=O)C1C(O)C(F)(F)F. The predicted molar refractivity (Wildman–Crippen MR) is 39.2 cm³/mol. The van der Waals surface area contributed by atoms with E-state index in [1.807, 2.05) is 5.32 Å². The smallest absolute Gasteiger partial charge is 0.415 e. The second kappa shape index (κ2) is 3.69. The summed E-state index contributed by atoms with van der Waals surface area (Å²) in [6.07, 6.45) is -9.15. The molecular formula is C7H8F3NO4. The number of ether oxygens (including phenoxy) is 1. The van der Waals surface area contributed by atoms with Crippen LogP contribution in [0.15, 0.2) is 0 Å². The molecule has 1 fully saturated rings. The second-order valence-electron chi connectivity index (χ2n) is 3.05. The van der Waals surface area contributed by atoms with Gasteiger partial charge in [0.2, 0.25) is 5.91 Å². The van der Waals surface area contributed by atoms with Crippen molar-refractivity contribution in [2.24, 2.45) is 5.92 Å². The fourth-order valence-electron chi connectivity index (χ4n) is 1.16. The van der Waals surface area contributed by atoms with Crippen LogP contribution in [-0.4, -0.2) is 35.5 Å². The average Bonchev–Trinajstić information content (AvgIpc) is 2.00. The first kappa shape index (κ1) is 11.8. The third kappa shape index (κ3) is 2.38. The van der Waals surface area contributed by atoms with Crippen LogP contribution in [0.2, 0.25) is 0 Å². The lowest BCUT2D eigenvalue weighted by Crippen LogP contribution is -2.66. The summed E-state index contributed by atoms with van der Waals surface area (Å²) >= 11 is 0. The van der Waals surface area contributed by atoms with Gasteiger partial charge in [0.15, 0.2) is 12.3 Å². The van der Waals surface area contributed by atoms with Gasteiger partial charge in [-0.3, -0.25) is 9.59 Å². The Labute approximate surface area is 82.2 Å². The van der Waals surface area contributed by atoms with Crippen LogP contribution in [0.4, 0.5) is 13.2 Å². The van der Waals surface area contributed by atoms with Crippen molar-refractivity contribution in [3.8, 4) is 0 Å². The minimum atomic E-state index is -4.92. The number of hydrogen-bond donors (Lipinski definition) is 2. The minimum absolute atomic E-state index is 0.834. The summed E-state index contributed by atoms with van der Waals surface area (Å²) in [5.74, 6) is -3.61. The summed E-state index contributed by atoms with van der Waals surface area (Å²) in [6.45, 7) is 0.988. The molecule has 3 atom stereocenters. The third-order valence-electron chi connectivity index (χ3n) is 1.88. The standard InChI is InChI=1S/C7H8F3NO4/c1-2(12)15-6-3(5(14)11-6)4(13)7(8,9)10/h3-4,6,13H,1H3,(H,11,14). The monoisotopic (exact) mass is 227 g/mol. The fraction of sp³-hybridized carbons (Fsp3) is 0.714. The van der Waals surface area contributed by atoms with Gasteiger partial charge in [-0.1, -0.05) is 0 Å². The number of carbonyl (C=O) groups excluding carboxylic acids is 2. The van der Waals surface area contributed by atoms with Gasteiger partial charge < -0.3 is 15.2 Å². The molecule has 3 unspecified atom stereocenters. The Kier molecular flexibility index (Phi) is 2.89. The molecule has 1 rings (SSSR count). The first-order chi connectivity index (χ1) is 6.73. The Bertz CT molecular complexity index is 290. The molecule has 0 spiro atoms. The van der Waals surface area contributed by atoms with Gasteiger partial charge in [-0.05, 0) is 0 Å². The van der Waals surface area contributed by atoms with E-state index in [1.54, 1.807) is 0 Å². The van der Waals surface area contributed by atoms with Crippen LogP contribution in [-0.2, 0) is 14.3 Å². The number of carbonyl (C=O) groups is 2. The lowest BCUT2D eigenvalue weighted by molar-refractivity contribution is -0.242. The normalized spacial score (nSPS) is 27.7. The van der Waals surface area contributed by atoms with E-state index in [9.17, 15) is 22.8 Å². The van der Waals surface area contributed by atoms with Crippen molar-refractivity contribution in [1.29, 1.82) is 0 Å². The predicted octanol–water partition coefficient (Wildman–Crippen LogP) is -0.455. The Morgan fingerprint density at radius 3 is 2.47 bits per heavy atom. The quantitative estimate of drug-likeness (QED) is 0.494. The van der Waals surface area contributed by atoms with Gasteiger partial charge in [0, 0.05) is 6.92 Å². The van der Waals surface area contributed by atoms with Gasteiger partial charge in [-0.15, -0.1) is 0 Å². The molecule has 0 saturated carbocycles. The molecule has 1 saturated heterocycles. The molecule has 0 bridgehead atoms. The number of esters is 1. The van der Waals surface area contributed by atoms with Gasteiger partial charge in [0.05, 0.1) is 0 Å². The van der Waals surface area contributed by atoms with Gasteiger partial charge in [0.1, 0.15) is 5.92 Å². The van der Waals surface area contributed by atoms with E-state index in [0.29, 0.717) is 0 Å². The van der Waals surface area contributed by atoms with Crippen molar-refractivity contribution >= 4 is 11.9 Å². The van der Waals surface area contributed by atoms with Gasteiger partial charge >= 0.3 is 12.1 Å². The molecule has 0 aromatic heterocycles. The number of halogens is 3. The molecule has 5 nitrogen and oxygen atoms in total. The zero-order valence-corrected chi connectivity index (χ0v) is 7.54. The van der Waals surface area contributed by atoms with E-state index in [4.69, 9.17) is 5.11 Å². The van der Waals surface area contributed by atoms with Crippen LogP contribution in [0, 0.1) is 5.92 Å². The van der Waals surface area contributed by atoms with Crippen molar-refractivity contribution in [3.05, 3.63) is 0 Å². The van der Waals surface area contributed by atoms with Crippen LogP contribution in [0.5, 0.6) is 0 Å². The number of hydrogen-bond acceptors (Lipinski definition) is 4. The summed E-state index contributed by atoms with van der Waals surface area (Å²) in [5.41, 5.74) is 0. The number of amides is 1. The molecule has 86 valence electrons. The van der Waals surface area contributed by atoms with E-state index >= 15 is 0 Å². The topological polar surface area (TPSA) is 75.6 Å². The zero-order valence-electron chi connectivity index (χ0n) is 7.54. The maximum atomic E-state index is 12.0. The summed E-state index contributed by atoms with van der Waals surface area (Å²) in [4.78, 5) is 21.2. The van der Waals surface area contributed by atoms with Gasteiger partial charge in [-0.2, -0.15) is 13.2 Å². The summed E-state index contributed by atoms with van der Waals surface area (Å²) in [7, 11) is 0. The average molecular weight is 227 g/mol. The third-order valence-corrected chi connectivity index (χ3v) is 1.88. The van der Waals surface area contributed by atoms with Crippen LogP contribution < -0.4 is 5.32 Å². The van der Waals surface area contributed by atoms with Crippen molar-refractivity contribution in [2.75, 3.05) is 0 Å². The number of β-lactam (4-membered cyclic amide) rings is 1. The van der Waals surface area contributed by atoms with E-state index in [-0.39, 0.29) is 0 Å². The molecule has 0 radical (unpaired) electrons. The van der Waals surface area contributed by atoms with Crippen LogP contribution >= 0.6 is 0 Å². The number of nitrogens with one attached hydrogen (secondary N) is 1. The molecule has 1 heterocycles. The van der Waals surface area contributed by atoms with Crippen LogP contribution in [0.1, 0.15) is 6.92 Å². The Morgan fingerprint density at radius 2 is 2.13 bits per heavy atom. The highest BCUT2D eigenvalue weighted by Gasteiger charge is 2.56. The van der Waals surface area contributed by atoms with E-state index in [1.165, 1.54) is 0 Å².